The van der Waals surface area contributed by atoms with Gasteiger partial charge >= 0.3 is 5.97 Å². The number of halogens is 1. The summed E-state index contributed by atoms with van der Waals surface area (Å²) in [5.74, 6) is 0.936. The van der Waals surface area contributed by atoms with Crippen LogP contribution in [-0.4, -0.2) is 27.3 Å². The number of benzene rings is 1. The lowest BCUT2D eigenvalue weighted by molar-refractivity contribution is -0.141. The van der Waals surface area contributed by atoms with Gasteiger partial charge < -0.3 is 19.9 Å². The third-order valence-corrected chi connectivity index (χ3v) is 2.45. The topological polar surface area (TPSA) is 70.8 Å². The molecule has 0 heterocycles. The summed E-state index contributed by atoms with van der Waals surface area (Å²) in [5, 5.41) is 0. The Labute approximate surface area is 113 Å². The first-order chi connectivity index (χ1) is 8.12. The molecule has 2 N–H and O–H groups in total. The van der Waals surface area contributed by atoms with E-state index in [9.17, 15) is 4.79 Å². The minimum absolute atomic E-state index is 0. The number of carbonyl (C=O) groups is 1. The monoisotopic (exact) mass is 275 g/mol. The van der Waals surface area contributed by atoms with E-state index >= 15 is 0 Å². The van der Waals surface area contributed by atoms with Gasteiger partial charge in [-0.3, -0.25) is 4.79 Å². The molecule has 102 valence electrons. The Morgan fingerprint density at radius 2 is 1.94 bits per heavy atom. The number of carbonyl (C=O) groups excluding carboxylic acids is 1. The van der Waals surface area contributed by atoms with Crippen LogP contribution in [0.15, 0.2) is 18.2 Å². The first-order valence-corrected chi connectivity index (χ1v) is 5.16. The number of ether oxygens (including phenoxy) is 3. The summed E-state index contributed by atoms with van der Waals surface area (Å²) >= 11 is 0. The van der Waals surface area contributed by atoms with E-state index in [4.69, 9.17) is 15.2 Å². The lowest BCUT2D eigenvalue weighted by Crippen LogP contribution is -2.17. The number of rotatable bonds is 5. The molecule has 5 nitrogen and oxygen atoms in total. The first kappa shape index (κ1) is 16.5. The molecule has 1 atom stereocenters. The van der Waals surface area contributed by atoms with E-state index in [-0.39, 0.29) is 24.8 Å². The van der Waals surface area contributed by atoms with E-state index in [1.165, 1.54) is 7.11 Å². The van der Waals surface area contributed by atoms with Crippen molar-refractivity contribution in [3.63, 3.8) is 0 Å². The molecule has 1 aromatic carbocycles. The summed E-state index contributed by atoms with van der Waals surface area (Å²) in [5.41, 5.74) is 6.65. The minimum atomic E-state index is -0.479. The summed E-state index contributed by atoms with van der Waals surface area (Å²) in [7, 11) is 4.45. The van der Waals surface area contributed by atoms with Gasteiger partial charge in [0.25, 0.3) is 0 Å². The molecule has 0 aliphatic rings. The molecule has 18 heavy (non-hydrogen) atoms. The maximum absolute atomic E-state index is 11.2. The smallest absolute Gasteiger partial charge is 0.307 e. The number of hydrogen-bond donors (Lipinski definition) is 1. The Hall–Kier alpha value is -1.46. The van der Waals surface area contributed by atoms with Gasteiger partial charge in [-0.05, 0) is 18.2 Å². The number of hydrogen-bond acceptors (Lipinski definition) is 5. The zero-order valence-corrected chi connectivity index (χ0v) is 11.5. The average molecular weight is 276 g/mol. The highest BCUT2D eigenvalue weighted by atomic mass is 35.5. The third kappa shape index (κ3) is 4.09. The fraction of sp³-hybridized carbons (Fsp3) is 0.417. The van der Waals surface area contributed by atoms with Crippen molar-refractivity contribution < 1.29 is 19.0 Å². The Morgan fingerprint density at radius 1 is 1.28 bits per heavy atom. The molecule has 0 amide bonds. The van der Waals surface area contributed by atoms with Crippen molar-refractivity contribution >= 4 is 18.4 Å². The standard InChI is InChI=1S/C12H17NO4.ClH/c1-15-8-4-5-11(16-2)9(6-8)10(13)7-12(14)17-3;/h4-6,10H,7,13H2,1-3H3;1H/t10-;/m1./s1. The predicted octanol–water partition coefficient (Wildman–Crippen LogP) is 1.69. The fourth-order valence-corrected chi connectivity index (χ4v) is 1.50. The molecule has 0 aliphatic carbocycles. The van der Waals surface area contributed by atoms with Crippen LogP contribution in [0, 0.1) is 0 Å². The van der Waals surface area contributed by atoms with Crippen LogP contribution >= 0.6 is 12.4 Å². The Balaban J connectivity index is 0.00000289. The van der Waals surface area contributed by atoms with Crippen LogP contribution in [0.25, 0.3) is 0 Å². The normalized spacial score (nSPS) is 11.1. The molecule has 6 heteroatoms. The quantitative estimate of drug-likeness (QED) is 0.828. The van der Waals surface area contributed by atoms with Gasteiger partial charge in [0.05, 0.1) is 27.8 Å². The number of nitrogens with two attached hydrogens (primary N) is 1. The second-order valence-corrected chi connectivity index (χ2v) is 3.49. The van der Waals surface area contributed by atoms with E-state index in [0.717, 1.165) is 5.56 Å². The molecule has 0 saturated carbocycles. The van der Waals surface area contributed by atoms with Gasteiger partial charge in [-0.2, -0.15) is 0 Å². The molecule has 0 saturated heterocycles. The zero-order chi connectivity index (χ0) is 12.8. The van der Waals surface area contributed by atoms with Crippen LogP contribution in [-0.2, 0) is 9.53 Å². The van der Waals surface area contributed by atoms with Crippen LogP contribution in [0.2, 0.25) is 0 Å². The lowest BCUT2D eigenvalue weighted by atomic mass is 10.0. The molecule has 0 aliphatic heterocycles. The maximum Gasteiger partial charge on any atom is 0.307 e. The van der Waals surface area contributed by atoms with E-state index in [1.807, 2.05) is 0 Å². The molecule has 0 spiro atoms. The van der Waals surface area contributed by atoms with Crippen molar-refractivity contribution in [1.29, 1.82) is 0 Å². The van der Waals surface area contributed by atoms with E-state index in [2.05, 4.69) is 4.74 Å². The van der Waals surface area contributed by atoms with Gasteiger partial charge in [0, 0.05) is 11.6 Å². The molecule has 0 unspecified atom stereocenters. The van der Waals surface area contributed by atoms with Crippen LogP contribution in [0.3, 0.4) is 0 Å². The molecule has 0 bridgehead atoms. The lowest BCUT2D eigenvalue weighted by Gasteiger charge is -2.15. The van der Waals surface area contributed by atoms with Gasteiger partial charge in [-0.1, -0.05) is 0 Å². The van der Waals surface area contributed by atoms with Crippen LogP contribution in [0.4, 0.5) is 0 Å². The van der Waals surface area contributed by atoms with Crippen molar-refractivity contribution in [3.8, 4) is 11.5 Å². The van der Waals surface area contributed by atoms with E-state index in [1.54, 1.807) is 32.4 Å². The Kier molecular flexibility index (Phi) is 7.16. The van der Waals surface area contributed by atoms with Crippen molar-refractivity contribution in [2.24, 2.45) is 5.73 Å². The van der Waals surface area contributed by atoms with Crippen LogP contribution < -0.4 is 15.2 Å². The van der Waals surface area contributed by atoms with Gasteiger partial charge in [-0.25, -0.2) is 0 Å². The Bertz CT molecular complexity index is 398. The van der Waals surface area contributed by atoms with E-state index in [0.29, 0.717) is 11.5 Å². The summed E-state index contributed by atoms with van der Waals surface area (Å²) in [6, 6.07) is 4.80. The third-order valence-electron chi connectivity index (χ3n) is 2.45. The maximum atomic E-state index is 11.2. The average Bonchev–Trinajstić information content (AvgIpc) is 2.37. The SMILES string of the molecule is COC(=O)C[C@@H](N)c1cc(OC)ccc1OC.Cl. The van der Waals surface area contributed by atoms with Crippen molar-refractivity contribution in [1.82, 2.24) is 0 Å². The molecule has 1 aromatic rings. The molecule has 0 radical (unpaired) electrons. The van der Waals surface area contributed by atoms with Gasteiger partial charge in [0.15, 0.2) is 0 Å². The van der Waals surface area contributed by atoms with Crippen molar-refractivity contribution in [3.05, 3.63) is 23.8 Å². The van der Waals surface area contributed by atoms with Gasteiger partial charge in [-0.15, -0.1) is 12.4 Å². The van der Waals surface area contributed by atoms with Gasteiger partial charge in [0.2, 0.25) is 0 Å². The zero-order valence-electron chi connectivity index (χ0n) is 10.6. The summed E-state index contributed by atoms with van der Waals surface area (Å²) < 4.78 is 14.9. The van der Waals surface area contributed by atoms with Crippen LogP contribution in [0.5, 0.6) is 11.5 Å². The predicted molar refractivity (Wildman–Crippen MR) is 70.4 cm³/mol. The van der Waals surface area contributed by atoms with Gasteiger partial charge in [0.1, 0.15) is 11.5 Å². The number of esters is 1. The molecule has 0 aromatic heterocycles. The van der Waals surface area contributed by atoms with Crippen molar-refractivity contribution in [2.45, 2.75) is 12.5 Å². The highest BCUT2D eigenvalue weighted by Crippen LogP contribution is 2.29. The summed E-state index contributed by atoms with van der Waals surface area (Å²) in [4.78, 5) is 11.2. The second-order valence-electron chi connectivity index (χ2n) is 3.49. The van der Waals surface area contributed by atoms with E-state index < -0.39 is 6.04 Å². The molecule has 0 fully saturated rings. The summed E-state index contributed by atoms with van der Waals surface area (Å²) in [6.45, 7) is 0. The minimum Gasteiger partial charge on any atom is -0.497 e. The van der Waals surface area contributed by atoms with Crippen LogP contribution in [0.1, 0.15) is 18.0 Å². The fourth-order valence-electron chi connectivity index (χ4n) is 1.50. The largest absolute Gasteiger partial charge is 0.497 e. The number of methoxy groups -OCH3 is 3. The highest BCUT2D eigenvalue weighted by molar-refractivity contribution is 5.85. The van der Waals surface area contributed by atoms with Crippen molar-refractivity contribution in [2.75, 3.05) is 21.3 Å². The highest BCUT2D eigenvalue weighted by Gasteiger charge is 2.17. The first-order valence-electron chi connectivity index (χ1n) is 5.16. The Morgan fingerprint density at radius 3 is 2.44 bits per heavy atom. The molecule has 1 rings (SSSR count). The summed E-state index contributed by atoms with van der Waals surface area (Å²) in [6.07, 6.45) is 0.0972. The molecular weight excluding hydrogens is 258 g/mol. The molecular formula is C12H18ClNO4. The second kappa shape index (κ2) is 7.79.